The number of likely N-dealkylation sites (tertiary alicyclic amines) is 1. The fourth-order valence-electron chi connectivity index (χ4n) is 3.91. The lowest BCUT2D eigenvalue weighted by molar-refractivity contribution is -0.0351. The van der Waals surface area contributed by atoms with Crippen molar-refractivity contribution < 1.29 is 4.74 Å². The van der Waals surface area contributed by atoms with E-state index in [-0.39, 0.29) is 0 Å². The first kappa shape index (κ1) is 16.3. The molecule has 0 aromatic rings. The minimum Gasteiger partial charge on any atom is -0.381 e. The highest BCUT2D eigenvalue weighted by atomic mass is 16.5. The van der Waals surface area contributed by atoms with Gasteiger partial charge >= 0.3 is 0 Å². The molecule has 0 bridgehead atoms. The van der Waals surface area contributed by atoms with Gasteiger partial charge in [-0.05, 0) is 76.7 Å². The van der Waals surface area contributed by atoms with Gasteiger partial charge in [-0.1, -0.05) is 13.8 Å². The Balaban J connectivity index is 1.80. The number of piperidine rings is 1. The molecule has 1 aliphatic heterocycles. The molecule has 0 amide bonds. The first-order valence-electron chi connectivity index (χ1n) is 8.78. The van der Waals surface area contributed by atoms with Gasteiger partial charge in [-0.3, -0.25) is 4.90 Å². The molecular weight excluding hydrogens is 246 g/mol. The van der Waals surface area contributed by atoms with E-state index in [1.165, 1.54) is 38.6 Å². The summed E-state index contributed by atoms with van der Waals surface area (Å²) in [5.74, 6) is 1.73. The Kier molecular flexibility index (Phi) is 5.53. The van der Waals surface area contributed by atoms with Gasteiger partial charge in [-0.15, -0.1) is 0 Å². The second-order valence-corrected chi connectivity index (χ2v) is 7.82. The predicted molar refractivity (Wildman–Crippen MR) is 86.0 cm³/mol. The van der Waals surface area contributed by atoms with E-state index in [9.17, 15) is 0 Å². The van der Waals surface area contributed by atoms with Gasteiger partial charge < -0.3 is 4.74 Å². The molecule has 118 valence electrons. The van der Waals surface area contributed by atoms with Gasteiger partial charge in [0.25, 0.3) is 0 Å². The summed E-state index contributed by atoms with van der Waals surface area (Å²) in [6.07, 6.45) is 6.68. The van der Waals surface area contributed by atoms with Crippen molar-refractivity contribution >= 4 is 0 Å². The third kappa shape index (κ3) is 3.76. The van der Waals surface area contributed by atoms with Gasteiger partial charge in [0, 0.05) is 25.3 Å². The molecule has 1 saturated heterocycles. The van der Waals surface area contributed by atoms with Crippen LogP contribution in [0.4, 0.5) is 0 Å². The topological polar surface area (TPSA) is 12.5 Å². The Morgan fingerprint density at radius 3 is 2.50 bits per heavy atom. The van der Waals surface area contributed by atoms with Crippen molar-refractivity contribution in [3.63, 3.8) is 0 Å². The molecule has 2 aliphatic rings. The van der Waals surface area contributed by atoms with E-state index < -0.39 is 0 Å². The van der Waals surface area contributed by atoms with Gasteiger partial charge in [0.15, 0.2) is 0 Å². The fraction of sp³-hybridized carbons (Fsp3) is 1.00. The van der Waals surface area contributed by atoms with Gasteiger partial charge in [0.2, 0.25) is 0 Å². The zero-order valence-electron chi connectivity index (χ0n) is 14.3. The smallest absolute Gasteiger partial charge is 0.0494 e. The van der Waals surface area contributed by atoms with E-state index in [1.54, 1.807) is 0 Å². The van der Waals surface area contributed by atoms with Crippen LogP contribution in [-0.4, -0.2) is 36.7 Å². The van der Waals surface area contributed by atoms with Crippen LogP contribution >= 0.6 is 0 Å². The summed E-state index contributed by atoms with van der Waals surface area (Å²) in [5.41, 5.74) is 0.450. The molecule has 3 atom stereocenters. The van der Waals surface area contributed by atoms with Crippen molar-refractivity contribution in [3.05, 3.63) is 0 Å². The highest BCUT2D eigenvalue weighted by molar-refractivity contribution is 4.95. The standard InChI is InChI=1S/C18H35NO/c1-14(2)19-11-9-15(3)18(5,16(19)4)10-6-12-20-13-17-7-8-17/h14-17H,6-13H2,1-5H3. The van der Waals surface area contributed by atoms with Crippen LogP contribution in [0.3, 0.4) is 0 Å². The third-order valence-electron chi connectivity index (χ3n) is 6.12. The van der Waals surface area contributed by atoms with Crippen LogP contribution in [0.5, 0.6) is 0 Å². The lowest BCUT2D eigenvalue weighted by atomic mass is 9.65. The maximum Gasteiger partial charge on any atom is 0.0494 e. The summed E-state index contributed by atoms with van der Waals surface area (Å²) in [4.78, 5) is 2.70. The van der Waals surface area contributed by atoms with Gasteiger partial charge in [0.1, 0.15) is 0 Å². The second kappa shape index (κ2) is 6.79. The molecule has 0 radical (unpaired) electrons. The summed E-state index contributed by atoms with van der Waals surface area (Å²) >= 11 is 0. The van der Waals surface area contributed by atoms with E-state index in [0.717, 1.165) is 25.0 Å². The lowest BCUT2D eigenvalue weighted by Crippen LogP contribution is -2.55. The number of rotatable bonds is 7. The Morgan fingerprint density at radius 1 is 1.20 bits per heavy atom. The van der Waals surface area contributed by atoms with Crippen molar-refractivity contribution in [1.29, 1.82) is 0 Å². The van der Waals surface area contributed by atoms with E-state index in [1.807, 2.05) is 0 Å². The first-order valence-corrected chi connectivity index (χ1v) is 8.78. The minimum absolute atomic E-state index is 0.450. The summed E-state index contributed by atoms with van der Waals surface area (Å²) in [5, 5.41) is 0. The molecule has 2 nitrogen and oxygen atoms in total. The summed E-state index contributed by atoms with van der Waals surface area (Å²) in [6.45, 7) is 15.3. The van der Waals surface area contributed by atoms with Gasteiger partial charge in [-0.25, -0.2) is 0 Å². The van der Waals surface area contributed by atoms with Crippen LogP contribution < -0.4 is 0 Å². The molecule has 20 heavy (non-hydrogen) atoms. The monoisotopic (exact) mass is 281 g/mol. The Labute approximate surface area is 126 Å². The number of ether oxygens (including phenoxy) is 1. The lowest BCUT2D eigenvalue weighted by Gasteiger charge is -2.52. The van der Waals surface area contributed by atoms with Crippen molar-refractivity contribution in [2.45, 2.75) is 78.8 Å². The van der Waals surface area contributed by atoms with E-state index >= 15 is 0 Å². The molecule has 2 heteroatoms. The van der Waals surface area contributed by atoms with Crippen molar-refractivity contribution in [2.24, 2.45) is 17.3 Å². The normalized spacial score (nSPS) is 35.7. The quantitative estimate of drug-likeness (QED) is 0.644. The third-order valence-corrected chi connectivity index (χ3v) is 6.12. The van der Waals surface area contributed by atoms with Crippen molar-refractivity contribution in [3.8, 4) is 0 Å². The predicted octanol–water partition coefficient (Wildman–Crippen LogP) is 4.34. The SMILES string of the molecule is CC(C)N1CCC(C)C(C)(CCCOCC2CC2)C1C. The van der Waals surface area contributed by atoms with Crippen molar-refractivity contribution in [1.82, 2.24) is 4.90 Å². The molecule has 0 spiro atoms. The largest absolute Gasteiger partial charge is 0.381 e. The highest BCUT2D eigenvalue weighted by Crippen LogP contribution is 2.44. The molecule has 3 unspecified atom stereocenters. The zero-order valence-corrected chi connectivity index (χ0v) is 14.3. The van der Waals surface area contributed by atoms with E-state index in [0.29, 0.717) is 17.5 Å². The number of nitrogens with zero attached hydrogens (tertiary/aromatic N) is 1. The average Bonchev–Trinajstić information content (AvgIpc) is 3.20. The molecule has 0 aromatic heterocycles. The maximum atomic E-state index is 5.82. The highest BCUT2D eigenvalue weighted by Gasteiger charge is 2.43. The van der Waals surface area contributed by atoms with Crippen LogP contribution in [0.25, 0.3) is 0 Å². The minimum atomic E-state index is 0.450. The van der Waals surface area contributed by atoms with Crippen molar-refractivity contribution in [2.75, 3.05) is 19.8 Å². The number of hydrogen-bond donors (Lipinski definition) is 0. The molecule has 2 rings (SSSR count). The maximum absolute atomic E-state index is 5.82. The summed E-state index contributed by atoms with van der Waals surface area (Å²) < 4.78 is 5.82. The second-order valence-electron chi connectivity index (χ2n) is 7.82. The Bertz CT molecular complexity index is 300. The molecule has 2 fully saturated rings. The van der Waals surface area contributed by atoms with Crippen LogP contribution in [0.2, 0.25) is 0 Å². The fourth-order valence-corrected chi connectivity index (χ4v) is 3.91. The molecule has 1 aliphatic carbocycles. The summed E-state index contributed by atoms with van der Waals surface area (Å²) in [6, 6.07) is 1.36. The molecule has 0 aromatic carbocycles. The van der Waals surface area contributed by atoms with Crippen LogP contribution in [0.15, 0.2) is 0 Å². The van der Waals surface area contributed by atoms with E-state index in [4.69, 9.17) is 4.74 Å². The average molecular weight is 281 g/mol. The first-order chi connectivity index (χ1) is 9.45. The molecular formula is C18H35NO. The Hall–Kier alpha value is -0.0800. The van der Waals surface area contributed by atoms with Crippen LogP contribution in [-0.2, 0) is 4.74 Å². The number of hydrogen-bond acceptors (Lipinski definition) is 2. The molecule has 1 heterocycles. The Morgan fingerprint density at radius 2 is 1.90 bits per heavy atom. The molecule has 0 N–H and O–H groups in total. The van der Waals surface area contributed by atoms with Crippen LogP contribution in [0.1, 0.15) is 66.7 Å². The van der Waals surface area contributed by atoms with Gasteiger partial charge in [0.05, 0.1) is 0 Å². The zero-order chi connectivity index (χ0) is 14.8. The summed E-state index contributed by atoms with van der Waals surface area (Å²) in [7, 11) is 0. The van der Waals surface area contributed by atoms with Gasteiger partial charge in [-0.2, -0.15) is 0 Å². The molecule has 1 saturated carbocycles. The van der Waals surface area contributed by atoms with E-state index in [2.05, 4.69) is 39.5 Å². The van der Waals surface area contributed by atoms with Crippen LogP contribution in [0, 0.1) is 17.3 Å².